The van der Waals surface area contributed by atoms with Gasteiger partial charge < -0.3 is 0 Å². The Morgan fingerprint density at radius 3 is 1.39 bits per heavy atom. The Balaban J connectivity index is 1.41. The molecule has 0 unspecified atom stereocenters. The molecule has 5 rings (SSSR count). The largest absolute Gasteiger partial charge is 0.205 e. The van der Waals surface area contributed by atoms with E-state index in [4.69, 9.17) is 0 Å². The van der Waals surface area contributed by atoms with E-state index < -0.39 is 0 Å². The molecule has 31 heavy (non-hydrogen) atoms. The van der Waals surface area contributed by atoms with Crippen LogP contribution in [0.1, 0.15) is 22.5 Å². The van der Waals surface area contributed by atoms with E-state index in [0.717, 1.165) is 11.4 Å². The average molecular weight is 399 g/mol. The summed E-state index contributed by atoms with van der Waals surface area (Å²) in [5.41, 5.74) is 4.73. The molecule has 1 heterocycles. The van der Waals surface area contributed by atoms with E-state index in [9.17, 15) is 0 Å². The van der Waals surface area contributed by atoms with Crippen molar-refractivity contribution in [1.82, 2.24) is 0 Å². The Labute approximate surface area is 183 Å². The summed E-state index contributed by atoms with van der Waals surface area (Å²) in [6.45, 7) is 0. The average Bonchev–Trinajstić information content (AvgIpc) is 2.82. The number of pyridine rings is 1. The van der Waals surface area contributed by atoms with Gasteiger partial charge in [0.05, 0.1) is 0 Å². The summed E-state index contributed by atoms with van der Waals surface area (Å²) in [5, 5.41) is 5.07. The van der Waals surface area contributed by atoms with Crippen molar-refractivity contribution >= 4 is 45.8 Å². The highest BCUT2D eigenvalue weighted by atomic mass is 14.9. The third-order valence-electron chi connectivity index (χ3n) is 5.75. The second-order valence-corrected chi connectivity index (χ2v) is 7.81. The fourth-order valence-corrected chi connectivity index (χ4v) is 3.94. The van der Waals surface area contributed by atoms with Crippen molar-refractivity contribution in [2.75, 3.05) is 0 Å². The molecule has 0 aliphatic carbocycles. The molecule has 4 aromatic carbocycles. The topological polar surface area (TPSA) is 3.88 Å². The Morgan fingerprint density at radius 1 is 0.452 bits per heavy atom. The number of fused-ring (bicyclic) bond motifs is 2. The lowest BCUT2D eigenvalue weighted by molar-refractivity contribution is -0.675. The van der Waals surface area contributed by atoms with Crippen LogP contribution in [-0.4, -0.2) is 0 Å². The van der Waals surface area contributed by atoms with Gasteiger partial charge in [-0.15, -0.1) is 0 Å². The summed E-state index contributed by atoms with van der Waals surface area (Å²) in [6, 6.07) is 36.5. The van der Waals surface area contributed by atoms with Gasteiger partial charge in [0, 0.05) is 24.3 Å². The molecular formula is C30H24N+. The van der Waals surface area contributed by atoms with E-state index in [1.807, 2.05) is 0 Å². The van der Waals surface area contributed by atoms with Crippen molar-refractivity contribution < 1.29 is 4.57 Å². The number of hydrogen-bond donors (Lipinski definition) is 0. The third-order valence-corrected chi connectivity index (χ3v) is 5.75. The van der Waals surface area contributed by atoms with Crippen molar-refractivity contribution in [2.24, 2.45) is 7.05 Å². The second kappa shape index (κ2) is 8.41. The van der Waals surface area contributed by atoms with Gasteiger partial charge in [0.2, 0.25) is 11.4 Å². The van der Waals surface area contributed by atoms with Gasteiger partial charge in [0.1, 0.15) is 7.05 Å². The fraction of sp³-hybridized carbons (Fsp3) is 0.0333. The van der Waals surface area contributed by atoms with E-state index in [-0.39, 0.29) is 0 Å². The van der Waals surface area contributed by atoms with Crippen molar-refractivity contribution in [1.29, 1.82) is 0 Å². The van der Waals surface area contributed by atoms with Gasteiger partial charge >= 0.3 is 0 Å². The third kappa shape index (κ3) is 4.17. The molecule has 0 aliphatic heterocycles. The summed E-state index contributed by atoms with van der Waals surface area (Å²) in [5.74, 6) is 0. The van der Waals surface area contributed by atoms with Gasteiger partial charge in [0.15, 0.2) is 0 Å². The van der Waals surface area contributed by atoms with Gasteiger partial charge in [0.25, 0.3) is 0 Å². The molecule has 0 atom stereocenters. The Bertz CT molecular complexity index is 1330. The first-order valence-corrected chi connectivity index (χ1v) is 10.6. The molecule has 0 saturated heterocycles. The maximum atomic E-state index is 2.23. The standard InChI is InChI=1S/C30H24N/c1-31-29(19-15-23-13-17-25-7-2-4-9-27(25)21-23)11-6-12-30(31)20-16-24-14-18-26-8-3-5-10-28(26)22-24/h2-22H,1H3/q+1. The number of benzene rings is 4. The Morgan fingerprint density at radius 2 is 0.903 bits per heavy atom. The lowest BCUT2D eigenvalue weighted by Crippen LogP contribution is -2.35. The molecule has 1 nitrogen and oxygen atoms in total. The SMILES string of the molecule is C[n+]1c(C=Cc2ccc3ccccc3c2)cccc1C=Cc1ccc2ccccc2c1. The first kappa shape index (κ1) is 19.0. The summed E-state index contributed by atoms with van der Waals surface area (Å²) < 4.78 is 2.22. The van der Waals surface area contributed by atoms with Crippen LogP contribution >= 0.6 is 0 Å². The number of nitrogens with zero attached hydrogens (tertiary/aromatic N) is 1. The van der Waals surface area contributed by atoms with Gasteiger partial charge in [-0.3, -0.25) is 0 Å². The zero-order valence-electron chi connectivity index (χ0n) is 17.6. The first-order valence-electron chi connectivity index (χ1n) is 10.6. The molecule has 1 aromatic heterocycles. The normalized spacial score (nSPS) is 11.8. The highest BCUT2D eigenvalue weighted by Crippen LogP contribution is 2.18. The van der Waals surface area contributed by atoms with Crippen LogP contribution in [0.25, 0.3) is 45.8 Å². The summed E-state index contributed by atoms with van der Waals surface area (Å²) in [7, 11) is 2.11. The Hall–Kier alpha value is -3.97. The smallest absolute Gasteiger partial charge is 0.195 e. The minimum absolute atomic E-state index is 1.16. The maximum absolute atomic E-state index is 2.23. The van der Waals surface area contributed by atoms with Crippen LogP contribution in [0.3, 0.4) is 0 Å². The first-order chi connectivity index (χ1) is 15.3. The molecular weight excluding hydrogens is 374 g/mol. The van der Waals surface area contributed by atoms with E-state index in [1.54, 1.807) is 0 Å². The number of hydrogen-bond acceptors (Lipinski definition) is 0. The van der Waals surface area contributed by atoms with Crippen LogP contribution in [0.15, 0.2) is 103 Å². The fourth-order valence-electron chi connectivity index (χ4n) is 3.94. The minimum atomic E-state index is 1.16. The van der Waals surface area contributed by atoms with Crippen LogP contribution < -0.4 is 4.57 Å². The van der Waals surface area contributed by atoms with Crippen molar-refractivity contribution in [2.45, 2.75) is 0 Å². The summed E-state index contributed by atoms with van der Waals surface area (Å²) in [6.07, 6.45) is 8.71. The zero-order chi connectivity index (χ0) is 21.0. The molecule has 0 bridgehead atoms. The van der Waals surface area contributed by atoms with E-state index in [1.165, 1.54) is 32.7 Å². The highest BCUT2D eigenvalue weighted by Gasteiger charge is 2.07. The lowest BCUT2D eigenvalue weighted by Gasteiger charge is -2.01. The molecule has 0 fully saturated rings. The number of rotatable bonds is 4. The van der Waals surface area contributed by atoms with Crippen molar-refractivity contribution in [3.63, 3.8) is 0 Å². The predicted octanol–water partition coefficient (Wildman–Crippen LogP) is 7.16. The van der Waals surface area contributed by atoms with Crippen molar-refractivity contribution in [3.8, 4) is 0 Å². The van der Waals surface area contributed by atoms with Crippen LogP contribution in [0.5, 0.6) is 0 Å². The Kier molecular flexibility index (Phi) is 5.16. The van der Waals surface area contributed by atoms with Gasteiger partial charge in [-0.25, -0.2) is 0 Å². The molecule has 0 aliphatic rings. The zero-order valence-corrected chi connectivity index (χ0v) is 17.6. The quantitative estimate of drug-likeness (QED) is 0.283. The second-order valence-electron chi connectivity index (χ2n) is 7.81. The van der Waals surface area contributed by atoms with Crippen LogP contribution in [0, 0.1) is 0 Å². The van der Waals surface area contributed by atoms with E-state index in [2.05, 4.69) is 139 Å². The highest BCUT2D eigenvalue weighted by molar-refractivity contribution is 5.86. The molecule has 0 saturated carbocycles. The summed E-state index contributed by atoms with van der Waals surface area (Å²) in [4.78, 5) is 0. The number of aromatic nitrogens is 1. The van der Waals surface area contributed by atoms with E-state index >= 15 is 0 Å². The molecule has 1 heteroatoms. The molecule has 5 aromatic rings. The summed E-state index contributed by atoms with van der Waals surface area (Å²) >= 11 is 0. The van der Waals surface area contributed by atoms with Crippen LogP contribution in [0.4, 0.5) is 0 Å². The predicted molar refractivity (Wildman–Crippen MR) is 133 cm³/mol. The molecule has 0 N–H and O–H groups in total. The molecule has 0 spiro atoms. The van der Waals surface area contributed by atoms with Crippen molar-refractivity contribution in [3.05, 3.63) is 126 Å². The van der Waals surface area contributed by atoms with E-state index in [0.29, 0.717) is 0 Å². The maximum Gasteiger partial charge on any atom is 0.205 e. The molecule has 148 valence electrons. The van der Waals surface area contributed by atoms with Crippen LogP contribution in [0.2, 0.25) is 0 Å². The lowest BCUT2D eigenvalue weighted by atomic mass is 10.1. The van der Waals surface area contributed by atoms with Gasteiger partial charge in [-0.05, 0) is 63.0 Å². The molecule has 0 radical (unpaired) electrons. The minimum Gasteiger partial charge on any atom is -0.195 e. The van der Waals surface area contributed by atoms with Gasteiger partial charge in [-0.2, -0.15) is 4.57 Å². The molecule has 0 amide bonds. The van der Waals surface area contributed by atoms with Crippen LogP contribution in [-0.2, 0) is 7.05 Å². The monoisotopic (exact) mass is 398 g/mol. The van der Waals surface area contributed by atoms with Gasteiger partial charge in [-0.1, -0.05) is 72.8 Å².